The minimum atomic E-state index is -1.30. The molecule has 0 radical (unpaired) electrons. The predicted molar refractivity (Wildman–Crippen MR) is 41.2 cm³/mol. The van der Waals surface area contributed by atoms with Crippen LogP contribution in [0.4, 0.5) is 0 Å². The second-order valence-corrected chi connectivity index (χ2v) is 3.35. The quantitative estimate of drug-likeness (QED) is 0.264. The zero-order valence-electron chi connectivity index (χ0n) is 6.67. The average molecular weight is 177 g/mol. The number of hydrogen-bond acceptors (Lipinski definition) is 5. The highest BCUT2D eigenvalue weighted by atomic mass is 16.4. The van der Waals surface area contributed by atoms with Gasteiger partial charge in [0.1, 0.15) is 12.2 Å². The summed E-state index contributed by atoms with van der Waals surface area (Å²) in [7, 11) is 0. The van der Waals surface area contributed by atoms with Gasteiger partial charge in [0.05, 0.1) is 12.2 Å². The van der Waals surface area contributed by atoms with Gasteiger partial charge in [-0.3, -0.25) is 0 Å². The molecule has 5 atom stereocenters. The first kappa shape index (κ1) is 9.88. The van der Waals surface area contributed by atoms with Crippen LogP contribution in [0.3, 0.4) is 0 Å². The normalized spacial score (nSPS) is 50.2. The van der Waals surface area contributed by atoms with Crippen molar-refractivity contribution in [3.05, 3.63) is 0 Å². The van der Waals surface area contributed by atoms with Gasteiger partial charge in [-0.1, -0.05) is 0 Å². The van der Waals surface area contributed by atoms with Crippen LogP contribution in [0.2, 0.25) is 0 Å². The van der Waals surface area contributed by atoms with Crippen LogP contribution in [0.5, 0.6) is 0 Å². The maximum absolute atomic E-state index is 9.22. The SMILES string of the molecule is NC1C[C@@H](O)[C@@H](O)[C@@H](O)[C@@H](O)C1. The van der Waals surface area contributed by atoms with E-state index < -0.39 is 24.4 Å². The van der Waals surface area contributed by atoms with Crippen molar-refractivity contribution in [1.29, 1.82) is 0 Å². The van der Waals surface area contributed by atoms with Crippen LogP contribution in [0, 0.1) is 0 Å². The Morgan fingerprint density at radius 3 is 1.50 bits per heavy atom. The van der Waals surface area contributed by atoms with Crippen LogP contribution in [0.25, 0.3) is 0 Å². The van der Waals surface area contributed by atoms with E-state index in [1.54, 1.807) is 0 Å². The summed E-state index contributed by atoms with van der Waals surface area (Å²) in [6, 6.07) is -0.373. The summed E-state index contributed by atoms with van der Waals surface area (Å²) in [6.07, 6.45) is -4.29. The van der Waals surface area contributed by atoms with Gasteiger partial charge in [0.15, 0.2) is 0 Å². The van der Waals surface area contributed by atoms with Gasteiger partial charge in [-0.25, -0.2) is 0 Å². The van der Waals surface area contributed by atoms with E-state index in [0.717, 1.165) is 0 Å². The third kappa shape index (κ3) is 1.94. The fraction of sp³-hybridized carbons (Fsp3) is 1.00. The predicted octanol–water partition coefficient (Wildman–Crippen LogP) is -2.45. The topological polar surface area (TPSA) is 107 Å². The zero-order valence-corrected chi connectivity index (χ0v) is 6.67. The highest BCUT2D eigenvalue weighted by Crippen LogP contribution is 2.18. The molecule has 1 unspecified atom stereocenters. The van der Waals surface area contributed by atoms with Crippen LogP contribution >= 0.6 is 0 Å². The minimum Gasteiger partial charge on any atom is -0.390 e. The molecule has 1 aliphatic carbocycles. The molecule has 1 rings (SSSR count). The van der Waals surface area contributed by atoms with Crippen molar-refractivity contribution >= 4 is 0 Å². The Bertz CT molecular complexity index is 138. The number of rotatable bonds is 0. The van der Waals surface area contributed by atoms with E-state index in [9.17, 15) is 20.4 Å². The first-order valence-corrected chi connectivity index (χ1v) is 4.00. The standard InChI is InChI=1S/C7H15NO4/c8-3-1-4(9)6(11)7(12)5(10)2-3/h3-7,9-12H,1-2,8H2/t3?,4-,5+,6-,7+. The Labute approximate surface area is 70.4 Å². The molecule has 0 heterocycles. The molecule has 6 N–H and O–H groups in total. The van der Waals surface area contributed by atoms with Crippen molar-refractivity contribution in [3.63, 3.8) is 0 Å². The number of aliphatic hydroxyl groups excluding tert-OH is 4. The smallest absolute Gasteiger partial charge is 0.108 e. The molecule has 1 fully saturated rings. The van der Waals surface area contributed by atoms with Gasteiger partial charge in [0.2, 0.25) is 0 Å². The lowest BCUT2D eigenvalue weighted by atomic mass is 10.1. The molecule has 0 aromatic rings. The summed E-state index contributed by atoms with van der Waals surface area (Å²) in [5.74, 6) is 0. The Kier molecular flexibility index (Phi) is 3.03. The molecular weight excluding hydrogens is 162 g/mol. The fourth-order valence-corrected chi connectivity index (χ4v) is 1.45. The Hall–Kier alpha value is -0.200. The number of hydrogen-bond donors (Lipinski definition) is 5. The largest absolute Gasteiger partial charge is 0.390 e. The average Bonchev–Trinajstić information content (AvgIpc) is 2.05. The van der Waals surface area contributed by atoms with Gasteiger partial charge in [-0.05, 0) is 12.8 Å². The lowest BCUT2D eigenvalue weighted by Crippen LogP contribution is -2.41. The van der Waals surface area contributed by atoms with E-state index >= 15 is 0 Å². The Morgan fingerprint density at radius 2 is 1.17 bits per heavy atom. The van der Waals surface area contributed by atoms with Crippen molar-refractivity contribution in [1.82, 2.24) is 0 Å². The molecule has 0 amide bonds. The highest BCUT2D eigenvalue weighted by Gasteiger charge is 2.35. The van der Waals surface area contributed by atoms with E-state index in [1.165, 1.54) is 0 Å². The van der Waals surface area contributed by atoms with E-state index in [4.69, 9.17) is 5.73 Å². The van der Waals surface area contributed by atoms with Crippen molar-refractivity contribution in [2.45, 2.75) is 43.3 Å². The molecule has 5 nitrogen and oxygen atoms in total. The third-order valence-electron chi connectivity index (χ3n) is 2.23. The Balaban J connectivity index is 2.66. The Morgan fingerprint density at radius 1 is 0.833 bits per heavy atom. The van der Waals surface area contributed by atoms with Gasteiger partial charge in [0.25, 0.3) is 0 Å². The second-order valence-electron chi connectivity index (χ2n) is 3.35. The molecule has 72 valence electrons. The summed E-state index contributed by atoms with van der Waals surface area (Å²) in [4.78, 5) is 0. The lowest BCUT2D eigenvalue weighted by Gasteiger charge is -2.21. The third-order valence-corrected chi connectivity index (χ3v) is 2.23. The maximum atomic E-state index is 9.22. The molecular formula is C7H15NO4. The molecule has 1 aliphatic rings. The molecule has 0 aromatic carbocycles. The summed E-state index contributed by atoms with van der Waals surface area (Å²) in [5.41, 5.74) is 5.50. The first-order valence-electron chi connectivity index (χ1n) is 4.00. The summed E-state index contributed by atoms with van der Waals surface area (Å²) >= 11 is 0. The maximum Gasteiger partial charge on any atom is 0.108 e. The van der Waals surface area contributed by atoms with E-state index in [0.29, 0.717) is 0 Å². The second kappa shape index (κ2) is 3.68. The first-order chi connectivity index (χ1) is 5.52. The van der Waals surface area contributed by atoms with Gasteiger partial charge in [-0.2, -0.15) is 0 Å². The molecule has 0 spiro atoms. The van der Waals surface area contributed by atoms with Crippen molar-refractivity contribution in [2.75, 3.05) is 0 Å². The van der Waals surface area contributed by atoms with E-state index in [2.05, 4.69) is 0 Å². The van der Waals surface area contributed by atoms with Gasteiger partial charge >= 0.3 is 0 Å². The summed E-state index contributed by atoms with van der Waals surface area (Å²) < 4.78 is 0. The minimum absolute atomic E-state index is 0.204. The van der Waals surface area contributed by atoms with E-state index in [-0.39, 0.29) is 18.9 Å². The lowest BCUT2D eigenvalue weighted by molar-refractivity contribution is -0.0947. The molecule has 5 heteroatoms. The van der Waals surface area contributed by atoms with E-state index in [1.807, 2.05) is 0 Å². The van der Waals surface area contributed by atoms with Crippen molar-refractivity contribution < 1.29 is 20.4 Å². The van der Waals surface area contributed by atoms with Gasteiger partial charge in [-0.15, -0.1) is 0 Å². The van der Waals surface area contributed by atoms with Gasteiger partial charge < -0.3 is 26.2 Å². The van der Waals surface area contributed by atoms with Crippen LogP contribution in [0.1, 0.15) is 12.8 Å². The summed E-state index contributed by atoms with van der Waals surface area (Å²) in [6.45, 7) is 0. The number of nitrogens with two attached hydrogens (primary N) is 1. The fourth-order valence-electron chi connectivity index (χ4n) is 1.45. The molecule has 12 heavy (non-hydrogen) atoms. The zero-order chi connectivity index (χ0) is 9.30. The monoisotopic (exact) mass is 177 g/mol. The van der Waals surface area contributed by atoms with Crippen LogP contribution in [-0.2, 0) is 0 Å². The molecule has 0 saturated heterocycles. The summed E-state index contributed by atoms with van der Waals surface area (Å²) in [5, 5.41) is 36.8. The molecule has 0 bridgehead atoms. The molecule has 1 saturated carbocycles. The van der Waals surface area contributed by atoms with Crippen LogP contribution in [-0.4, -0.2) is 50.9 Å². The van der Waals surface area contributed by atoms with Crippen molar-refractivity contribution in [2.24, 2.45) is 5.73 Å². The highest BCUT2D eigenvalue weighted by molar-refractivity contribution is 4.89. The molecule has 0 aliphatic heterocycles. The van der Waals surface area contributed by atoms with Crippen LogP contribution < -0.4 is 5.73 Å². The number of aliphatic hydroxyl groups is 4. The van der Waals surface area contributed by atoms with Gasteiger partial charge in [0, 0.05) is 6.04 Å². The van der Waals surface area contributed by atoms with Crippen molar-refractivity contribution in [3.8, 4) is 0 Å². The molecule has 0 aromatic heterocycles. The van der Waals surface area contributed by atoms with Crippen LogP contribution in [0.15, 0.2) is 0 Å².